The van der Waals surface area contributed by atoms with Crippen molar-refractivity contribution in [3.8, 4) is 5.75 Å². The second kappa shape index (κ2) is 5.49. The van der Waals surface area contributed by atoms with Crippen molar-refractivity contribution in [2.24, 2.45) is 5.41 Å². The van der Waals surface area contributed by atoms with Crippen molar-refractivity contribution in [1.29, 1.82) is 0 Å². The van der Waals surface area contributed by atoms with Gasteiger partial charge in [0.05, 0.1) is 5.56 Å². The molecule has 0 atom stereocenters. The Morgan fingerprint density at radius 3 is 2.71 bits per heavy atom. The van der Waals surface area contributed by atoms with Gasteiger partial charge >= 0.3 is 0 Å². The first kappa shape index (κ1) is 14.0. The number of carbonyl (C=O) groups is 1. The highest BCUT2D eigenvalue weighted by atomic mass is 79.9. The molecule has 94 valence electrons. The second-order valence-electron chi connectivity index (χ2n) is 4.64. The minimum Gasteiger partial charge on any atom is -0.508 e. The van der Waals surface area contributed by atoms with E-state index in [1.54, 1.807) is 0 Å². The zero-order valence-electron chi connectivity index (χ0n) is 9.76. The Hall–Kier alpha value is -1.10. The standard InChI is InChI=1S/C12H15BrFNO2/c1-12(2,6-13)7-15-11(17)9-4-3-8(16)5-10(9)14/h3-5,16H,6-7H2,1-2H3,(H,15,17). The van der Waals surface area contributed by atoms with Gasteiger partial charge in [0, 0.05) is 17.9 Å². The number of amides is 1. The lowest BCUT2D eigenvalue weighted by Crippen LogP contribution is -2.35. The zero-order valence-corrected chi connectivity index (χ0v) is 11.3. The summed E-state index contributed by atoms with van der Waals surface area (Å²) in [6.07, 6.45) is 0. The molecule has 1 rings (SSSR count). The smallest absolute Gasteiger partial charge is 0.254 e. The molecule has 0 saturated heterocycles. The van der Waals surface area contributed by atoms with Gasteiger partial charge in [-0.2, -0.15) is 0 Å². The van der Waals surface area contributed by atoms with Gasteiger partial charge in [-0.05, 0) is 17.5 Å². The van der Waals surface area contributed by atoms with Gasteiger partial charge in [0.1, 0.15) is 11.6 Å². The van der Waals surface area contributed by atoms with Crippen molar-refractivity contribution in [1.82, 2.24) is 5.32 Å². The fraction of sp³-hybridized carbons (Fsp3) is 0.417. The molecule has 1 aromatic rings. The summed E-state index contributed by atoms with van der Waals surface area (Å²) >= 11 is 3.34. The normalized spacial score (nSPS) is 11.3. The fourth-order valence-electron chi connectivity index (χ4n) is 1.15. The molecule has 0 heterocycles. The molecular weight excluding hydrogens is 289 g/mol. The van der Waals surface area contributed by atoms with E-state index < -0.39 is 11.7 Å². The Balaban J connectivity index is 2.71. The van der Waals surface area contributed by atoms with Gasteiger partial charge in [0.15, 0.2) is 0 Å². The Kier molecular flexibility index (Phi) is 4.51. The highest BCUT2D eigenvalue weighted by Crippen LogP contribution is 2.18. The van der Waals surface area contributed by atoms with E-state index in [0.717, 1.165) is 11.4 Å². The third kappa shape index (κ3) is 4.00. The van der Waals surface area contributed by atoms with Gasteiger partial charge in [-0.1, -0.05) is 29.8 Å². The molecule has 0 unspecified atom stereocenters. The molecule has 1 amide bonds. The summed E-state index contributed by atoms with van der Waals surface area (Å²) in [6.45, 7) is 4.40. The van der Waals surface area contributed by atoms with Crippen molar-refractivity contribution in [3.63, 3.8) is 0 Å². The highest BCUT2D eigenvalue weighted by Gasteiger charge is 2.19. The maximum atomic E-state index is 13.4. The maximum Gasteiger partial charge on any atom is 0.254 e. The minimum atomic E-state index is -0.723. The highest BCUT2D eigenvalue weighted by molar-refractivity contribution is 9.09. The van der Waals surface area contributed by atoms with Crippen LogP contribution in [-0.4, -0.2) is 22.9 Å². The summed E-state index contributed by atoms with van der Waals surface area (Å²) in [5.41, 5.74) is -0.156. The summed E-state index contributed by atoms with van der Waals surface area (Å²) in [5, 5.41) is 12.4. The first-order chi connectivity index (χ1) is 7.85. The molecule has 0 bridgehead atoms. The maximum absolute atomic E-state index is 13.4. The lowest BCUT2D eigenvalue weighted by molar-refractivity contribution is 0.0936. The van der Waals surface area contributed by atoms with Crippen LogP contribution in [0.15, 0.2) is 18.2 Å². The first-order valence-corrected chi connectivity index (χ1v) is 6.30. The van der Waals surface area contributed by atoms with Crippen LogP contribution in [0.1, 0.15) is 24.2 Å². The Bertz CT molecular complexity index is 421. The molecule has 0 fully saturated rings. The average molecular weight is 304 g/mol. The van der Waals surface area contributed by atoms with Crippen LogP contribution in [0.3, 0.4) is 0 Å². The molecule has 0 saturated carbocycles. The van der Waals surface area contributed by atoms with Crippen LogP contribution in [0.4, 0.5) is 4.39 Å². The summed E-state index contributed by atoms with van der Waals surface area (Å²) in [5.74, 6) is -1.39. The number of alkyl halides is 1. The van der Waals surface area contributed by atoms with Gasteiger partial charge in [-0.25, -0.2) is 4.39 Å². The van der Waals surface area contributed by atoms with Crippen molar-refractivity contribution in [3.05, 3.63) is 29.6 Å². The predicted molar refractivity (Wildman–Crippen MR) is 68.0 cm³/mol. The third-order valence-corrected chi connectivity index (χ3v) is 3.80. The topological polar surface area (TPSA) is 49.3 Å². The van der Waals surface area contributed by atoms with Gasteiger partial charge in [0.2, 0.25) is 0 Å². The van der Waals surface area contributed by atoms with Crippen molar-refractivity contribution < 1.29 is 14.3 Å². The molecule has 0 aliphatic rings. The van der Waals surface area contributed by atoms with Crippen LogP contribution >= 0.6 is 15.9 Å². The quantitative estimate of drug-likeness (QED) is 0.840. The Morgan fingerprint density at radius 2 is 2.18 bits per heavy atom. The summed E-state index contributed by atoms with van der Waals surface area (Å²) in [7, 11) is 0. The molecular formula is C12H15BrFNO2. The number of rotatable bonds is 4. The number of phenols is 1. The molecule has 17 heavy (non-hydrogen) atoms. The van der Waals surface area contributed by atoms with E-state index in [0.29, 0.717) is 6.54 Å². The van der Waals surface area contributed by atoms with E-state index in [4.69, 9.17) is 5.11 Å². The summed E-state index contributed by atoms with van der Waals surface area (Å²) < 4.78 is 13.4. The van der Waals surface area contributed by atoms with E-state index >= 15 is 0 Å². The van der Waals surface area contributed by atoms with E-state index in [1.807, 2.05) is 13.8 Å². The largest absolute Gasteiger partial charge is 0.508 e. The molecule has 3 nitrogen and oxygen atoms in total. The number of hydrogen-bond donors (Lipinski definition) is 2. The third-order valence-electron chi connectivity index (χ3n) is 2.29. The molecule has 0 aromatic heterocycles. The summed E-state index contributed by atoms with van der Waals surface area (Å²) in [6, 6.07) is 3.47. The molecule has 0 radical (unpaired) electrons. The van der Waals surface area contributed by atoms with Crippen molar-refractivity contribution >= 4 is 21.8 Å². The van der Waals surface area contributed by atoms with Gasteiger partial charge in [-0.15, -0.1) is 0 Å². The number of halogens is 2. The average Bonchev–Trinajstić information content (AvgIpc) is 2.26. The van der Waals surface area contributed by atoms with Crippen molar-refractivity contribution in [2.75, 3.05) is 11.9 Å². The molecule has 1 aromatic carbocycles. The van der Waals surface area contributed by atoms with E-state index in [9.17, 15) is 9.18 Å². The fourth-order valence-corrected chi connectivity index (χ4v) is 1.35. The van der Waals surface area contributed by atoms with Crippen LogP contribution in [0.2, 0.25) is 0 Å². The number of phenolic OH excluding ortho intramolecular Hbond substituents is 1. The van der Waals surface area contributed by atoms with Crippen LogP contribution < -0.4 is 5.32 Å². The lowest BCUT2D eigenvalue weighted by Gasteiger charge is -2.21. The SMILES string of the molecule is CC(C)(CBr)CNC(=O)c1ccc(O)cc1F. The zero-order chi connectivity index (χ0) is 13.1. The second-order valence-corrected chi connectivity index (χ2v) is 5.21. The van der Waals surface area contributed by atoms with Crippen LogP contribution in [-0.2, 0) is 0 Å². The predicted octanol–water partition coefficient (Wildman–Crippen LogP) is 2.68. The van der Waals surface area contributed by atoms with E-state index in [2.05, 4.69) is 21.2 Å². The van der Waals surface area contributed by atoms with Crippen molar-refractivity contribution in [2.45, 2.75) is 13.8 Å². The molecule has 2 N–H and O–H groups in total. The Labute approximate surface area is 108 Å². The van der Waals surface area contributed by atoms with Gasteiger partial charge in [-0.3, -0.25) is 4.79 Å². The molecule has 0 aliphatic heterocycles. The van der Waals surface area contributed by atoms with Crippen LogP contribution in [0, 0.1) is 11.2 Å². The molecule has 0 spiro atoms. The first-order valence-electron chi connectivity index (χ1n) is 5.18. The minimum absolute atomic E-state index is 0.0619. The Morgan fingerprint density at radius 1 is 1.53 bits per heavy atom. The van der Waals surface area contributed by atoms with Gasteiger partial charge in [0.25, 0.3) is 5.91 Å². The van der Waals surface area contributed by atoms with Gasteiger partial charge < -0.3 is 10.4 Å². The molecule has 0 aliphatic carbocycles. The lowest BCUT2D eigenvalue weighted by atomic mass is 9.97. The summed E-state index contributed by atoms with van der Waals surface area (Å²) in [4.78, 5) is 11.7. The van der Waals surface area contributed by atoms with Crippen LogP contribution in [0.25, 0.3) is 0 Å². The number of nitrogens with one attached hydrogen (secondary N) is 1. The number of benzene rings is 1. The van der Waals surface area contributed by atoms with E-state index in [-0.39, 0.29) is 16.7 Å². The molecule has 5 heteroatoms. The van der Waals surface area contributed by atoms with Crippen LogP contribution in [0.5, 0.6) is 5.75 Å². The monoisotopic (exact) mass is 303 g/mol. The number of aromatic hydroxyl groups is 1. The number of carbonyl (C=O) groups excluding carboxylic acids is 1. The number of hydrogen-bond acceptors (Lipinski definition) is 2. The van der Waals surface area contributed by atoms with E-state index in [1.165, 1.54) is 12.1 Å².